The highest BCUT2D eigenvalue weighted by atomic mass is 16.5. The van der Waals surface area contributed by atoms with Gasteiger partial charge < -0.3 is 15.0 Å². The summed E-state index contributed by atoms with van der Waals surface area (Å²) in [4.78, 5) is 18.7. The summed E-state index contributed by atoms with van der Waals surface area (Å²) in [6.45, 7) is 5.85. The fourth-order valence-electron chi connectivity index (χ4n) is 2.33. The van der Waals surface area contributed by atoms with Gasteiger partial charge in [-0.1, -0.05) is 12.1 Å². The summed E-state index contributed by atoms with van der Waals surface area (Å²) in [6, 6.07) is 11.5. The monoisotopic (exact) mass is 313 g/mol. The minimum absolute atomic E-state index is 0.103. The molecule has 0 aliphatic carbocycles. The molecule has 2 rings (SSSR count). The van der Waals surface area contributed by atoms with Crippen LogP contribution in [0.25, 0.3) is 0 Å². The molecule has 122 valence electrons. The van der Waals surface area contributed by atoms with Crippen LogP contribution in [0.1, 0.15) is 23.0 Å². The molecule has 0 saturated carbocycles. The van der Waals surface area contributed by atoms with E-state index in [4.69, 9.17) is 4.74 Å². The zero-order valence-electron chi connectivity index (χ0n) is 13.9. The Labute approximate surface area is 137 Å². The van der Waals surface area contributed by atoms with Crippen molar-refractivity contribution in [2.24, 2.45) is 0 Å². The van der Waals surface area contributed by atoms with Gasteiger partial charge in [-0.25, -0.2) is 0 Å². The van der Waals surface area contributed by atoms with E-state index in [1.54, 1.807) is 24.3 Å². The molecule has 5 heteroatoms. The predicted molar refractivity (Wildman–Crippen MR) is 93.1 cm³/mol. The predicted octanol–water partition coefficient (Wildman–Crippen LogP) is 3.12. The molecule has 1 aromatic carbocycles. The molecule has 0 radical (unpaired) electrons. The van der Waals surface area contributed by atoms with Gasteiger partial charge in [-0.05, 0) is 43.7 Å². The summed E-state index contributed by atoms with van der Waals surface area (Å²) in [6.07, 6.45) is 1.65. The number of ether oxygens (including phenoxy) is 1. The fourth-order valence-corrected chi connectivity index (χ4v) is 2.33. The molecular weight excluding hydrogens is 290 g/mol. The van der Waals surface area contributed by atoms with Gasteiger partial charge >= 0.3 is 0 Å². The molecule has 0 fully saturated rings. The largest absolute Gasteiger partial charge is 0.383 e. The fraction of sp³-hybridized carbons (Fsp3) is 0.333. The van der Waals surface area contributed by atoms with Gasteiger partial charge in [0.15, 0.2) is 0 Å². The Hall–Kier alpha value is -2.40. The van der Waals surface area contributed by atoms with Crippen molar-refractivity contribution in [2.75, 3.05) is 37.0 Å². The van der Waals surface area contributed by atoms with Crippen LogP contribution in [-0.4, -0.2) is 37.7 Å². The van der Waals surface area contributed by atoms with Crippen molar-refractivity contribution >= 4 is 17.3 Å². The van der Waals surface area contributed by atoms with Crippen molar-refractivity contribution in [3.8, 4) is 0 Å². The van der Waals surface area contributed by atoms with Crippen LogP contribution in [0.4, 0.5) is 11.4 Å². The van der Waals surface area contributed by atoms with Crippen LogP contribution in [0.3, 0.4) is 0 Å². The summed E-state index contributed by atoms with van der Waals surface area (Å²) in [5.74, 6) is -0.103. The van der Waals surface area contributed by atoms with Gasteiger partial charge in [-0.3, -0.25) is 9.78 Å². The molecule has 23 heavy (non-hydrogen) atoms. The molecule has 0 saturated heterocycles. The average Bonchev–Trinajstić information content (AvgIpc) is 2.56. The number of nitrogens with zero attached hydrogens (tertiary/aromatic N) is 2. The maximum absolute atomic E-state index is 12.8. The number of hydrogen-bond donors (Lipinski definition) is 1. The van der Waals surface area contributed by atoms with Gasteiger partial charge in [-0.2, -0.15) is 0 Å². The number of aromatic nitrogens is 1. The summed E-state index contributed by atoms with van der Waals surface area (Å²) < 4.78 is 5.01. The third-order valence-electron chi connectivity index (χ3n) is 3.49. The number of anilines is 2. The lowest BCUT2D eigenvalue weighted by Gasteiger charge is -2.21. The Balaban J connectivity index is 2.19. The van der Waals surface area contributed by atoms with Crippen LogP contribution >= 0.6 is 0 Å². The van der Waals surface area contributed by atoms with Gasteiger partial charge in [0.1, 0.15) is 5.69 Å². The highest BCUT2D eigenvalue weighted by Gasteiger charge is 2.17. The summed E-state index contributed by atoms with van der Waals surface area (Å²) in [7, 11) is 1.66. The van der Waals surface area contributed by atoms with Crippen LogP contribution in [-0.2, 0) is 4.74 Å². The zero-order chi connectivity index (χ0) is 16.7. The van der Waals surface area contributed by atoms with Gasteiger partial charge in [0.2, 0.25) is 0 Å². The smallest absolute Gasteiger partial charge is 0.276 e. The van der Waals surface area contributed by atoms with Crippen molar-refractivity contribution in [3.05, 3.63) is 53.9 Å². The summed E-state index contributed by atoms with van der Waals surface area (Å²) >= 11 is 0. The molecule has 0 aliphatic rings. The highest BCUT2D eigenvalue weighted by molar-refractivity contribution is 6.05. The molecule has 1 N–H and O–H groups in total. The van der Waals surface area contributed by atoms with E-state index in [1.165, 1.54) is 0 Å². The lowest BCUT2D eigenvalue weighted by atomic mass is 10.2. The lowest BCUT2D eigenvalue weighted by molar-refractivity contribution is 0.0983. The van der Waals surface area contributed by atoms with Crippen LogP contribution in [0.15, 0.2) is 42.6 Å². The van der Waals surface area contributed by atoms with E-state index in [1.807, 2.05) is 44.2 Å². The van der Waals surface area contributed by atoms with Crippen LogP contribution in [0.5, 0.6) is 0 Å². The molecule has 0 bridgehead atoms. The molecule has 0 aliphatic heterocycles. The number of rotatable bonds is 7. The van der Waals surface area contributed by atoms with Crippen LogP contribution in [0, 0.1) is 6.92 Å². The molecule has 0 atom stereocenters. The lowest BCUT2D eigenvalue weighted by Crippen LogP contribution is -2.31. The van der Waals surface area contributed by atoms with Crippen LogP contribution < -0.4 is 10.2 Å². The summed E-state index contributed by atoms with van der Waals surface area (Å²) in [5, 5.41) is 3.21. The highest BCUT2D eigenvalue weighted by Crippen LogP contribution is 2.19. The number of methoxy groups -OCH3 is 1. The van der Waals surface area contributed by atoms with Gasteiger partial charge in [0.05, 0.1) is 6.61 Å². The third kappa shape index (κ3) is 4.53. The second kappa shape index (κ2) is 8.29. The van der Waals surface area contributed by atoms with E-state index in [2.05, 4.69) is 10.3 Å². The number of benzene rings is 1. The molecular formula is C18H23N3O2. The Bertz CT molecular complexity index is 658. The number of aryl methyl sites for hydroxylation is 1. The molecule has 2 aromatic rings. The third-order valence-corrected chi connectivity index (χ3v) is 3.49. The standard InChI is InChI=1S/C18H23N3O2/c1-4-21(16-7-5-6-14(2)12-16)18(22)17-13-15(8-9-20-17)19-10-11-23-3/h5-9,12-13H,4,10-11H2,1-3H3,(H,19,20). The van der Waals surface area contributed by atoms with Gasteiger partial charge in [0.25, 0.3) is 5.91 Å². The molecule has 0 spiro atoms. The maximum atomic E-state index is 12.8. The molecule has 0 unspecified atom stereocenters. The topological polar surface area (TPSA) is 54.5 Å². The maximum Gasteiger partial charge on any atom is 0.276 e. The number of carbonyl (C=O) groups is 1. The van der Waals surface area contributed by atoms with E-state index in [0.717, 1.165) is 16.9 Å². The van der Waals surface area contributed by atoms with Crippen molar-refractivity contribution in [1.29, 1.82) is 0 Å². The van der Waals surface area contributed by atoms with E-state index in [0.29, 0.717) is 25.4 Å². The Morgan fingerprint density at radius 1 is 1.30 bits per heavy atom. The number of hydrogen-bond acceptors (Lipinski definition) is 4. The quantitative estimate of drug-likeness (QED) is 0.798. The zero-order valence-corrected chi connectivity index (χ0v) is 13.9. The Morgan fingerprint density at radius 3 is 2.83 bits per heavy atom. The molecule has 1 heterocycles. The van der Waals surface area contributed by atoms with E-state index in [9.17, 15) is 4.79 Å². The van der Waals surface area contributed by atoms with Crippen molar-refractivity contribution in [2.45, 2.75) is 13.8 Å². The first-order valence-electron chi connectivity index (χ1n) is 7.73. The number of amides is 1. The molecule has 1 aromatic heterocycles. The minimum Gasteiger partial charge on any atom is -0.383 e. The first kappa shape index (κ1) is 17.0. The first-order chi connectivity index (χ1) is 11.2. The first-order valence-corrected chi connectivity index (χ1v) is 7.73. The number of carbonyl (C=O) groups excluding carboxylic acids is 1. The van der Waals surface area contributed by atoms with Crippen LogP contribution in [0.2, 0.25) is 0 Å². The van der Waals surface area contributed by atoms with E-state index in [-0.39, 0.29) is 5.91 Å². The summed E-state index contributed by atoms with van der Waals surface area (Å²) in [5.41, 5.74) is 3.30. The van der Waals surface area contributed by atoms with E-state index < -0.39 is 0 Å². The SMILES string of the molecule is CCN(C(=O)c1cc(NCCOC)ccn1)c1cccc(C)c1. The Morgan fingerprint density at radius 2 is 2.13 bits per heavy atom. The second-order valence-corrected chi connectivity index (χ2v) is 5.24. The van der Waals surface area contributed by atoms with Crippen molar-refractivity contribution in [1.82, 2.24) is 4.98 Å². The van der Waals surface area contributed by atoms with E-state index >= 15 is 0 Å². The Kier molecular flexibility index (Phi) is 6.11. The minimum atomic E-state index is -0.103. The molecule has 1 amide bonds. The second-order valence-electron chi connectivity index (χ2n) is 5.24. The number of pyridine rings is 1. The van der Waals surface area contributed by atoms with Crippen molar-refractivity contribution < 1.29 is 9.53 Å². The average molecular weight is 313 g/mol. The van der Waals surface area contributed by atoms with Gasteiger partial charge in [0, 0.05) is 37.8 Å². The molecule has 5 nitrogen and oxygen atoms in total. The number of nitrogens with one attached hydrogen (secondary N) is 1. The van der Waals surface area contributed by atoms with Crippen molar-refractivity contribution in [3.63, 3.8) is 0 Å². The van der Waals surface area contributed by atoms with Gasteiger partial charge in [-0.15, -0.1) is 0 Å². The normalized spacial score (nSPS) is 10.4.